The fraction of sp³-hybridized carbons (Fsp3) is 1.00. The van der Waals surface area contributed by atoms with Crippen LogP contribution in [-0.2, 0) is 9.05 Å². The van der Waals surface area contributed by atoms with Crippen LogP contribution < -0.4 is 4.89 Å². The van der Waals surface area contributed by atoms with Crippen LogP contribution in [0.15, 0.2) is 0 Å². The summed E-state index contributed by atoms with van der Waals surface area (Å²) in [5, 5.41) is 0. The van der Waals surface area contributed by atoms with E-state index in [1.165, 1.54) is 0 Å². The summed E-state index contributed by atoms with van der Waals surface area (Å²) in [5.41, 5.74) is 0. The van der Waals surface area contributed by atoms with E-state index in [1.54, 1.807) is 6.92 Å². The van der Waals surface area contributed by atoms with Crippen molar-refractivity contribution in [2.24, 2.45) is 0 Å². The van der Waals surface area contributed by atoms with E-state index in [9.17, 15) is 4.89 Å². The maximum absolute atomic E-state index is 10.6. The normalized spacial score (nSPS) is 14.3. The van der Waals surface area contributed by atoms with Crippen LogP contribution in [-0.4, -0.2) is 12.7 Å². The topological polar surface area (TPSA) is 41.5 Å². The van der Waals surface area contributed by atoms with Gasteiger partial charge in [0, 0.05) is 6.61 Å². The molecule has 0 fully saturated rings. The van der Waals surface area contributed by atoms with Crippen LogP contribution in [0, 0.1) is 0 Å². The Morgan fingerprint density at radius 1 is 1.56 bits per heavy atom. The SMILES string of the molecule is CCOP([O-])OC(C)C. The molecule has 0 saturated carbocycles. The summed E-state index contributed by atoms with van der Waals surface area (Å²) in [5.74, 6) is 0. The van der Waals surface area contributed by atoms with Gasteiger partial charge in [-0.3, -0.25) is 0 Å². The van der Waals surface area contributed by atoms with Crippen molar-refractivity contribution in [2.75, 3.05) is 6.61 Å². The van der Waals surface area contributed by atoms with Crippen LogP contribution in [0.2, 0.25) is 0 Å². The first-order chi connectivity index (χ1) is 4.16. The number of hydrogen-bond acceptors (Lipinski definition) is 3. The van der Waals surface area contributed by atoms with Crippen LogP contribution in [0.1, 0.15) is 20.8 Å². The molecule has 0 bridgehead atoms. The molecule has 0 heterocycles. The van der Waals surface area contributed by atoms with Gasteiger partial charge in [-0.05, 0) is 20.8 Å². The first-order valence-electron chi connectivity index (χ1n) is 2.93. The van der Waals surface area contributed by atoms with Gasteiger partial charge in [0.1, 0.15) is 0 Å². The highest BCUT2D eigenvalue weighted by Crippen LogP contribution is 2.28. The highest BCUT2D eigenvalue weighted by molar-refractivity contribution is 7.39. The average Bonchev–Trinajstić information content (AvgIpc) is 1.63. The van der Waals surface area contributed by atoms with Crippen molar-refractivity contribution in [3.05, 3.63) is 0 Å². The van der Waals surface area contributed by atoms with Gasteiger partial charge in [-0.2, -0.15) is 0 Å². The summed E-state index contributed by atoms with van der Waals surface area (Å²) in [6.07, 6.45) is -0.0276. The first-order valence-corrected chi connectivity index (χ1v) is 4.03. The number of rotatable bonds is 4. The largest absolute Gasteiger partial charge is 0.786 e. The minimum atomic E-state index is -1.87. The molecule has 0 N–H and O–H groups in total. The Kier molecular flexibility index (Phi) is 5.30. The molecule has 56 valence electrons. The van der Waals surface area contributed by atoms with Gasteiger partial charge in [-0.25, -0.2) is 0 Å². The van der Waals surface area contributed by atoms with Gasteiger partial charge in [-0.15, -0.1) is 0 Å². The molecule has 3 nitrogen and oxygen atoms in total. The lowest BCUT2D eigenvalue weighted by atomic mass is 10.5. The molecule has 0 saturated heterocycles. The third-order valence-corrected chi connectivity index (χ3v) is 1.59. The molecule has 1 unspecified atom stereocenters. The average molecular weight is 151 g/mol. The van der Waals surface area contributed by atoms with Gasteiger partial charge in [0.05, 0.1) is 14.7 Å². The molecule has 1 atom stereocenters. The Balaban J connectivity index is 3.15. The fourth-order valence-corrected chi connectivity index (χ4v) is 0.924. The van der Waals surface area contributed by atoms with Crippen LogP contribution >= 0.6 is 8.60 Å². The Morgan fingerprint density at radius 2 is 2.11 bits per heavy atom. The Morgan fingerprint density at radius 3 is 2.44 bits per heavy atom. The van der Waals surface area contributed by atoms with Gasteiger partial charge < -0.3 is 13.9 Å². The minimum absolute atomic E-state index is 0.0276. The predicted molar refractivity (Wildman–Crippen MR) is 34.8 cm³/mol. The highest BCUT2D eigenvalue weighted by atomic mass is 31.2. The molecule has 0 aromatic rings. The first kappa shape index (κ1) is 9.31. The van der Waals surface area contributed by atoms with E-state index < -0.39 is 8.60 Å². The van der Waals surface area contributed by atoms with Crippen molar-refractivity contribution in [3.8, 4) is 0 Å². The van der Waals surface area contributed by atoms with Crippen LogP contribution in [0.5, 0.6) is 0 Å². The molecule has 0 aromatic heterocycles. The maximum atomic E-state index is 10.6. The highest BCUT2D eigenvalue weighted by Gasteiger charge is 1.95. The van der Waals surface area contributed by atoms with Crippen molar-refractivity contribution in [3.63, 3.8) is 0 Å². The van der Waals surface area contributed by atoms with E-state index in [2.05, 4.69) is 4.52 Å². The Bertz CT molecular complexity index is 67.2. The smallest absolute Gasteiger partial charge is 0.0832 e. The summed E-state index contributed by atoms with van der Waals surface area (Å²) >= 11 is 0. The van der Waals surface area contributed by atoms with Gasteiger partial charge >= 0.3 is 0 Å². The van der Waals surface area contributed by atoms with E-state index in [1.807, 2.05) is 13.8 Å². The summed E-state index contributed by atoms with van der Waals surface area (Å²) < 4.78 is 9.42. The van der Waals surface area contributed by atoms with Gasteiger partial charge in [0.15, 0.2) is 0 Å². The lowest BCUT2D eigenvalue weighted by Gasteiger charge is -2.23. The minimum Gasteiger partial charge on any atom is -0.786 e. The Hall–Kier alpha value is 0.310. The zero-order valence-corrected chi connectivity index (χ0v) is 6.85. The van der Waals surface area contributed by atoms with Gasteiger partial charge in [-0.1, -0.05) is 0 Å². The molecular weight excluding hydrogens is 139 g/mol. The third-order valence-electron chi connectivity index (χ3n) is 0.531. The van der Waals surface area contributed by atoms with Crippen molar-refractivity contribution in [1.82, 2.24) is 0 Å². The summed E-state index contributed by atoms with van der Waals surface area (Å²) in [4.78, 5) is 10.6. The van der Waals surface area contributed by atoms with Crippen LogP contribution in [0.25, 0.3) is 0 Å². The van der Waals surface area contributed by atoms with Crippen molar-refractivity contribution in [1.29, 1.82) is 0 Å². The molecule has 0 amide bonds. The molecular formula is C5H12O3P-. The van der Waals surface area contributed by atoms with Crippen molar-refractivity contribution < 1.29 is 13.9 Å². The van der Waals surface area contributed by atoms with E-state index in [0.29, 0.717) is 6.61 Å². The van der Waals surface area contributed by atoms with E-state index >= 15 is 0 Å². The molecule has 0 rings (SSSR count). The standard InChI is InChI=1S/C5H12O3P/c1-4-7-9(6)8-5(2)3/h5H,4H2,1-3H3/q-1. The van der Waals surface area contributed by atoms with Crippen molar-refractivity contribution >= 4 is 8.60 Å². The summed E-state index contributed by atoms with van der Waals surface area (Å²) in [7, 11) is -1.87. The predicted octanol–water partition coefficient (Wildman–Crippen LogP) is 1.04. The lowest BCUT2D eigenvalue weighted by molar-refractivity contribution is -0.206. The monoisotopic (exact) mass is 151 g/mol. The van der Waals surface area contributed by atoms with Gasteiger partial charge in [0.25, 0.3) is 0 Å². The van der Waals surface area contributed by atoms with E-state index in [4.69, 9.17) is 4.52 Å². The molecule has 0 radical (unpaired) electrons. The molecule has 0 aliphatic rings. The molecule has 4 heteroatoms. The lowest BCUT2D eigenvalue weighted by Crippen LogP contribution is -2.07. The van der Waals surface area contributed by atoms with Gasteiger partial charge in [0.2, 0.25) is 0 Å². The summed E-state index contributed by atoms with van der Waals surface area (Å²) in [6.45, 7) is 5.83. The van der Waals surface area contributed by atoms with Crippen LogP contribution in [0.4, 0.5) is 0 Å². The third kappa shape index (κ3) is 6.19. The molecule has 9 heavy (non-hydrogen) atoms. The maximum Gasteiger partial charge on any atom is 0.0832 e. The van der Waals surface area contributed by atoms with Crippen LogP contribution in [0.3, 0.4) is 0 Å². The Labute approximate surface area is 57.0 Å². The quantitative estimate of drug-likeness (QED) is 0.563. The second kappa shape index (κ2) is 5.12. The van der Waals surface area contributed by atoms with Crippen molar-refractivity contribution in [2.45, 2.75) is 26.9 Å². The van der Waals surface area contributed by atoms with E-state index in [0.717, 1.165) is 0 Å². The molecule has 0 spiro atoms. The fourth-order valence-electron chi connectivity index (χ4n) is 0.308. The second-order valence-electron chi connectivity index (χ2n) is 1.80. The molecule has 0 aliphatic heterocycles. The number of hydrogen-bond donors (Lipinski definition) is 0. The van der Waals surface area contributed by atoms with E-state index in [-0.39, 0.29) is 6.10 Å². The molecule has 0 aliphatic carbocycles. The second-order valence-corrected chi connectivity index (χ2v) is 2.71. The molecule has 0 aromatic carbocycles. The zero-order valence-electron chi connectivity index (χ0n) is 5.96. The zero-order chi connectivity index (χ0) is 7.28. The summed E-state index contributed by atoms with van der Waals surface area (Å²) in [6, 6.07) is 0.